The molecule has 0 aromatic heterocycles. The first-order valence-corrected chi connectivity index (χ1v) is 12.1. The third kappa shape index (κ3) is 5.72. The average molecular weight is 804 g/mol. The zero-order valence-electron chi connectivity index (χ0n) is 13.7. The van der Waals surface area contributed by atoms with E-state index in [-0.39, 0.29) is 5.75 Å². The Morgan fingerprint density at radius 2 is 1.58 bits per heavy atom. The van der Waals surface area contributed by atoms with E-state index in [9.17, 15) is 15.0 Å². The van der Waals surface area contributed by atoms with E-state index in [4.69, 9.17) is 4.74 Å². The minimum absolute atomic E-state index is 0.249. The number of carbonyl (C=O) groups is 1. The van der Waals surface area contributed by atoms with Crippen molar-refractivity contribution >= 4 is 96.3 Å². The Labute approximate surface area is 207 Å². The lowest BCUT2D eigenvalue weighted by molar-refractivity contribution is -0.139. The third-order valence-corrected chi connectivity index (χ3v) is 7.02. The van der Waals surface area contributed by atoms with Crippen LogP contribution in [0.25, 0.3) is 0 Å². The van der Waals surface area contributed by atoms with Crippen molar-refractivity contribution in [3.63, 3.8) is 0 Å². The van der Waals surface area contributed by atoms with Gasteiger partial charge in [0.15, 0.2) is 5.75 Å². The van der Waals surface area contributed by atoms with Crippen molar-refractivity contribution in [1.29, 1.82) is 0 Å². The molecule has 0 aliphatic heterocycles. The Hall–Kier alpha value is 0.430. The highest BCUT2D eigenvalue weighted by Crippen LogP contribution is 2.38. The predicted octanol–water partition coefficient (Wildman–Crippen LogP) is 6.96. The molecule has 26 heavy (non-hydrogen) atoms. The summed E-state index contributed by atoms with van der Waals surface area (Å²) in [6, 6.07) is 7.34. The van der Waals surface area contributed by atoms with Gasteiger partial charge in [0.1, 0.15) is 11.5 Å². The number of benzene rings is 2. The molecule has 1 atom stereocenters. The second-order valence-electron chi connectivity index (χ2n) is 5.68. The predicted molar refractivity (Wildman–Crippen MR) is 135 cm³/mol. The summed E-state index contributed by atoms with van der Waals surface area (Å²) in [5, 5.41) is 19.5. The molecule has 2 aromatic carbocycles. The van der Waals surface area contributed by atoms with Gasteiger partial charge in [-0.1, -0.05) is 19.8 Å². The van der Waals surface area contributed by atoms with E-state index in [0.717, 1.165) is 32.7 Å². The number of carboxylic acid groups (broad SMARTS) is 1. The molecule has 1 unspecified atom stereocenters. The average Bonchev–Trinajstić information content (AvgIpc) is 2.56. The summed E-state index contributed by atoms with van der Waals surface area (Å²) in [5.41, 5.74) is 0.807. The van der Waals surface area contributed by atoms with Gasteiger partial charge in [-0.2, -0.15) is 0 Å². The van der Waals surface area contributed by atoms with Gasteiger partial charge in [0.05, 0.1) is 20.2 Å². The molecular formula is C18H16I4O4. The van der Waals surface area contributed by atoms with E-state index in [1.54, 1.807) is 12.1 Å². The number of ether oxygens (including phenoxy) is 1. The van der Waals surface area contributed by atoms with E-state index in [2.05, 4.69) is 97.3 Å². The molecule has 0 aliphatic carbocycles. The number of phenols is 1. The Balaban J connectivity index is 2.36. The summed E-state index contributed by atoms with van der Waals surface area (Å²) in [4.78, 5) is 11.6. The summed E-state index contributed by atoms with van der Waals surface area (Å²) < 4.78 is 9.22. The van der Waals surface area contributed by atoms with Crippen LogP contribution >= 0.6 is 90.4 Å². The maximum Gasteiger partial charge on any atom is 0.310 e. The molecule has 140 valence electrons. The fraction of sp³-hybridized carbons (Fsp3) is 0.278. The number of phenolic OH excluding ortho intramolecular Hbond substituents is 1. The van der Waals surface area contributed by atoms with Crippen LogP contribution in [0.4, 0.5) is 0 Å². The summed E-state index contributed by atoms with van der Waals surface area (Å²) in [6.07, 6.45) is 2.48. The van der Waals surface area contributed by atoms with Crippen LogP contribution in [-0.4, -0.2) is 16.2 Å². The molecule has 8 heteroatoms. The maximum absolute atomic E-state index is 11.6. The largest absolute Gasteiger partial charge is 0.506 e. The lowest BCUT2D eigenvalue weighted by Gasteiger charge is -2.17. The van der Waals surface area contributed by atoms with Crippen LogP contribution in [0.2, 0.25) is 0 Å². The Kier molecular flexibility index (Phi) is 8.98. The number of carboxylic acids is 1. The molecule has 2 rings (SSSR count). The second kappa shape index (κ2) is 10.3. The van der Waals surface area contributed by atoms with Crippen molar-refractivity contribution in [3.05, 3.63) is 44.1 Å². The van der Waals surface area contributed by atoms with Crippen molar-refractivity contribution in [2.75, 3.05) is 0 Å². The van der Waals surface area contributed by atoms with Crippen LogP contribution in [-0.2, 0) is 4.79 Å². The van der Waals surface area contributed by atoms with Crippen LogP contribution < -0.4 is 4.74 Å². The standard InChI is InChI=1S/C18H16I4O4/c1-2-3-4-11(18(24)25)9-5-14(21)17(15(22)6-9)26-10-7-12(19)16(23)13(20)8-10/h5-8,11,23H,2-4H2,1H3,(H,24,25). The number of aliphatic carboxylic acids is 1. The fourth-order valence-corrected chi connectivity index (χ4v) is 6.19. The number of unbranched alkanes of at least 4 members (excludes halogenated alkanes) is 1. The van der Waals surface area contributed by atoms with E-state index in [1.807, 2.05) is 12.1 Å². The van der Waals surface area contributed by atoms with E-state index < -0.39 is 11.9 Å². The van der Waals surface area contributed by atoms with Crippen molar-refractivity contribution in [1.82, 2.24) is 0 Å². The number of hydrogen-bond acceptors (Lipinski definition) is 3. The van der Waals surface area contributed by atoms with Gasteiger partial charge in [-0.3, -0.25) is 4.79 Å². The number of aromatic hydroxyl groups is 1. The molecule has 2 N–H and O–H groups in total. The normalized spacial score (nSPS) is 12.0. The molecule has 0 bridgehead atoms. The maximum atomic E-state index is 11.6. The van der Waals surface area contributed by atoms with Gasteiger partial charge in [-0.15, -0.1) is 0 Å². The smallest absolute Gasteiger partial charge is 0.310 e. The molecule has 0 aliphatic rings. The minimum atomic E-state index is -0.790. The van der Waals surface area contributed by atoms with Crippen molar-refractivity contribution in [2.24, 2.45) is 0 Å². The van der Waals surface area contributed by atoms with Gasteiger partial charge in [-0.05, 0) is 127 Å². The quantitative estimate of drug-likeness (QED) is 0.298. The number of rotatable bonds is 7. The highest BCUT2D eigenvalue weighted by Gasteiger charge is 2.22. The SMILES string of the molecule is CCCCC(C(=O)O)c1cc(I)c(Oc2cc(I)c(O)c(I)c2)c(I)c1. The zero-order valence-corrected chi connectivity index (χ0v) is 22.4. The fourth-order valence-electron chi connectivity index (χ4n) is 2.44. The lowest BCUT2D eigenvalue weighted by Crippen LogP contribution is -2.12. The monoisotopic (exact) mass is 804 g/mol. The Morgan fingerprint density at radius 3 is 2.04 bits per heavy atom. The molecule has 0 saturated carbocycles. The summed E-state index contributed by atoms with van der Waals surface area (Å²) in [5.74, 6) is 0.300. The zero-order chi connectivity index (χ0) is 19.4. The minimum Gasteiger partial charge on any atom is -0.506 e. The van der Waals surface area contributed by atoms with E-state index in [1.165, 1.54) is 0 Å². The molecule has 0 amide bonds. The van der Waals surface area contributed by atoms with E-state index >= 15 is 0 Å². The first kappa shape index (κ1) is 22.7. The van der Waals surface area contributed by atoms with Crippen LogP contribution in [0.3, 0.4) is 0 Å². The van der Waals surface area contributed by atoms with Crippen molar-refractivity contribution < 1.29 is 19.7 Å². The van der Waals surface area contributed by atoms with Gasteiger partial charge in [0.25, 0.3) is 0 Å². The van der Waals surface area contributed by atoms with Gasteiger partial charge < -0.3 is 14.9 Å². The molecule has 0 fully saturated rings. The van der Waals surface area contributed by atoms with Gasteiger partial charge in [0, 0.05) is 0 Å². The Bertz CT molecular complexity index is 777. The van der Waals surface area contributed by atoms with Crippen LogP contribution in [0.5, 0.6) is 17.2 Å². The third-order valence-electron chi connectivity index (χ3n) is 3.78. The van der Waals surface area contributed by atoms with Crippen LogP contribution in [0.15, 0.2) is 24.3 Å². The molecule has 2 aromatic rings. The molecule has 0 heterocycles. The molecule has 0 radical (unpaired) electrons. The number of halogens is 4. The summed E-state index contributed by atoms with van der Waals surface area (Å²) in [6.45, 7) is 2.06. The molecular weight excluding hydrogens is 788 g/mol. The van der Waals surface area contributed by atoms with Crippen LogP contribution in [0.1, 0.15) is 37.7 Å². The number of hydrogen-bond donors (Lipinski definition) is 2. The molecule has 0 spiro atoms. The summed E-state index contributed by atoms with van der Waals surface area (Å²) in [7, 11) is 0. The van der Waals surface area contributed by atoms with Gasteiger partial charge in [0.2, 0.25) is 0 Å². The van der Waals surface area contributed by atoms with Crippen molar-refractivity contribution in [3.8, 4) is 17.2 Å². The van der Waals surface area contributed by atoms with Crippen molar-refractivity contribution in [2.45, 2.75) is 32.1 Å². The first-order chi connectivity index (χ1) is 12.2. The van der Waals surface area contributed by atoms with Gasteiger partial charge in [-0.25, -0.2) is 0 Å². The molecule has 0 saturated heterocycles. The van der Waals surface area contributed by atoms with E-state index in [0.29, 0.717) is 17.9 Å². The highest BCUT2D eigenvalue weighted by atomic mass is 127. The summed E-state index contributed by atoms with van der Waals surface area (Å²) >= 11 is 8.49. The highest BCUT2D eigenvalue weighted by molar-refractivity contribution is 14.1. The molecule has 4 nitrogen and oxygen atoms in total. The van der Waals surface area contributed by atoms with Gasteiger partial charge >= 0.3 is 5.97 Å². The topological polar surface area (TPSA) is 66.8 Å². The van der Waals surface area contributed by atoms with Crippen LogP contribution in [0, 0.1) is 14.3 Å². The first-order valence-electron chi connectivity index (χ1n) is 7.82. The second-order valence-corrected chi connectivity index (χ2v) is 10.3. The lowest BCUT2D eigenvalue weighted by atomic mass is 9.94. The Morgan fingerprint density at radius 1 is 1.04 bits per heavy atom.